The van der Waals surface area contributed by atoms with Gasteiger partial charge in [0.05, 0.1) is 24.8 Å². The molecule has 0 N–H and O–H groups in total. The third-order valence-electron chi connectivity index (χ3n) is 4.34. The zero-order valence-electron chi connectivity index (χ0n) is 15.4. The van der Waals surface area contributed by atoms with Gasteiger partial charge in [-0.05, 0) is 23.8 Å². The monoisotopic (exact) mass is 383 g/mol. The van der Waals surface area contributed by atoms with Crippen LogP contribution in [0.25, 0.3) is 11.1 Å². The lowest BCUT2D eigenvalue weighted by Crippen LogP contribution is -2.27. The second-order valence-electron chi connectivity index (χ2n) is 5.87. The maximum atomic E-state index is 13.2. The summed E-state index contributed by atoms with van der Waals surface area (Å²) in [6.45, 7) is 0. The smallest absolute Gasteiger partial charge is 0.264 e. The summed E-state index contributed by atoms with van der Waals surface area (Å²) in [7, 11) is 0.750. The average molecular weight is 383 g/mol. The lowest BCUT2D eigenvalue weighted by molar-refractivity contribution is 0.354. The van der Waals surface area contributed by atoms with Gasteiger partial charge in [-0.3, -0.25) is 4.31 Å². The third-order valence-corrected chi connectivity index (χ3v) is 6.11. The summed E-state index contributed by atoms with van der Waals surface area (Å²) < 4.78 is 38.2. The van der Waals surface area contributed by atoms with Crippen molar-refractivity contribution < 1.29 is 17.9 Å². The Hall–Kier alpha value is -2.99. The molecule has 0 unspecified atom stereocenters. The predicted octanol–water partition coefficient (Wildman–Crippen LogP) is 4.20. The topological polar surface area (TPSA) is 55.8 Å². The molecule has 5 nitrogen and oxygen atoms in total. The highest BCUT2D eigenvalue weighted by Crippen LogP contribution is 2.35. The van der Waals surface area contributed by atoms with Gasteiger partial charge in [0.1, 0.15) is 0 Å². The Morgan fingerprint density at radius 3 is 2.07 bits per heavy atom. The Labute approximate surface area is 159 Å². The predicted molar refractivity (Wildman–Crippen MR) is 107 cm³/mol. The first-order chi connectivity index (χ1) is 13.0. The van der Waals surface area contributed by atoms with Crippen LogP contribution in [0.3, 0.4) is 0 Å². The molecule has 0 bridgehead atoms. The van der Waals surface area contributed by atoms with Crippen molar-refractivity contribution in [3.8, 4) is 22.6 Å². The molecule has 0 heterocycles. The maximum absolute atomic E-state index is 13.2. The summed E-state index contributed by atoms with van der Waals surface area (Å²) in [5.41, 5.74) is 2.38. The second-order valence-corrected chi connectivity index (χ2v) is 7.84. The van der Waals surface area contributed by atoms with Crippen molar-refractivity contribution in [1.29, 1.82) is 0 Å². The Bertz CT molecular complexity index is 1030. The van der Waals surface area contributed by atoms with Crippen LogP contribution in [-0.4, -0.2) is 29.7 Å². The normalized spacial score (nSPS) is 11.1. The van der Waals surface area contributed by atoms with Gasteiger partial charge in [0, 0.05) is 18.7 Å². The van der Waals surface area contributed by atoms with Crippen LogP contribution < -0.4 is 13.8 Å². The van der Waals surface area contributed by atoms with Gasteiger partial charge in [-0.15, -0.1) is 0 Å². The van der Waals surface area contributed by atoms with Gasteiger partial charge in [0.2, 0.25) is 0 Å². The van der Waals surface area contributed by atoms with Crippen molar-refractivity contribution in [2.75, 3.05) is 25.6 Å². The fourth-order valence-electron chi connectivity index (χ4n) is 2.87. The molecule has 3 aromatic rings. The number of benzene rings is 3. The van der Waals surface area contributed by atoms with E-state index in [-0.39, 0.29) is 4.90 Å². The molecule has 0 aliphatic rings. The standard InChI is InChI=1S/C21H21NO4S/c1-22(19-12-8-7-11-18(19)16-9-5-4-6-10-16)27(23,24)17-13-14-20(25-2)21(15-17)26-3/h4-15H,1-3H3. The lowest BCUT2D eigenvalue weighted by atomic mass is 10.0. The van der Waals surface area contributed by atoms with Crippen LogP contribution in [0, 0.1) is 0 Å². The quantitative estimate of drug-likeness (QED) is 0.640. The molecule has 0 aromatic heterocycles. The van der Waals surface area contributed by atoms with Crippen LogP contribution >= 0.6 is 0 Å². The van der Waals surface area contributed by atoms with Crippen LogP contribution in [-0.2, 0) is 10.0 Å². The third kappa shape index (κ3) is 3.61. The van der Waals surface area contributed by atoms with Crippen LogP contribution in [0.4, 0.5) is 5.69 Å². The average Bonchev–Trinajstić information content (AvgIpc) is 2.73. The van der Waals surface area contributed by atoms with Crippen molar-refractivity contribution in [1.82, 2.24) is 0 Å². The molecule has 0 amide bonds. The summed E-state index contributed by atoms with van der Waals surface area (Å²) in [5, 5.41) is 0. The van der Waals surface area contributed by atoms with Crippen molar-refractivity contribution in [2.24, 2.45) is 0 Å². The highest BCUT2D eigenvalue weighted by atomic mass is 32.2. The van der Waals surface area contributed by atoms with Gasteiger partial charge in [-0.25, -0.2) is 8.42 Å². The summed E-state index contributed by atoms with van der Waals surface area (Å²) in [6, 6.07) is 21.7. The fourth-order valence-corrected chi connectivity index (χ4v) is 4.11. The molecule has 0 saturated carbocycles. The highest BCUT2D eigenvalue weighted by molar-refractivity contribution is 7.92. The Balaban J connectivity index is 2.07. The van der Waals surface area contributed by atoms with Crippen molar-refractivity contribution >= 4 is 15.7 Å². The van der Waals surface area contributed by atoms with Gasteiger partial charge in [-0.1, -0.05) is 48.5 Å². The summed E-state index contributed by atoms with van der Waals surface area (Å²) in [4.78, 5) is 0.130. The molecule has 0 atom stereocenters. The van der Waals surface area contributed by atoms with Crippen molar-refractivity contribution in [3.05, 3.63) is 72.8 Å². The van der Waals surface area contributed by atoms with Crippen LogP contribution in [0.2, 0.25) is 0 Å². The number of rotatable bonds is 6. The minimum atomic E-state index is -3.78. The number of anilines is 1. The largest absolute Gasteiger partial charge is 0.493 e. The van der Waals surface area contributed by atoms with Crippen LogP contribution in [0.1, 0.15) is 0 Å². The van der Waals surface area contributed by atoms with Crippen LogP contribution in [0.15, 0.2) is 77.7 Å². The van der Waals surface area contributed by atoms with E-state index >= 15 is 0 Å². The Morgan fingerprint density at radius 1 is 0.778 bits per heavy atom. The fraction of sp³-hybridized carbons (Fsp3) is 0.143. The minimum absolute atomic E-state index is 0.130. The maximum Gasteiger partial charge on any atom is 0.264 e. The number of hydrogen-bond donors (Lipinski definition) is 0. The molecule has 0 saturated heterocycles. The Kier molecular flexibility index (Phi) is 5.37. The first-order valence-corrected chi connectivity index (χ1v) is 9.78. The zero-order chi connectivity index (χ0) is 19.4. The molecular weight excluding hydrogens is 362 g/mol. The molecule has 3 aromatic carbocycles. The molecule has 0 fully saturated rings. The SMILES string of the molecule is COc1ccc(S(=O)(=O)N(C)c2ccccc2-c2ccccc2)cc1OC. The molecule has 6 heteroatoms. The second kappa shape index (κ2) is 7.72. The molecular formula is C21H21NO4S. The molecule has 0 aliphatic heterocycles. The van der Waals surface area contributed by atoms with Gasteiger partial charge < -0.3 is 9.47 Å². The molecule has 3 rings (SSSR count). The molecule has 27 heavy (non-hydrogen) atoms. The summed E-state index contributed by atoms with van der Waals surface area (Å²) in [6.07, 6.45) is 0. The van der Waals surface area contributed by atoms with E-state index in [1.54, 1.807) is 19.2 Å². The number of nitrogens with zero attached hydrogens (tertiary/aromatic N) is 1. The van der Waals surface area contributed by atoms with Crippen LogP contribution in [0.5, 0.6) is 11.5 Å². The van der Waals surface area contributed by atoms with E-state index in [0.717, 1.165) is 11.1 Å². The van der Waals surface area contributed by atoms with E-state index in [2.05, 4.69) is 0 Å². The van der Waals surface area contributed by atoms with E-state index in [0.29, 0.717) is 17.2 Å². The van der Waals surface area contributed by atoms with E-state index in [4.69, 9.17) is 9.47 Å². The number of hydrogen-bond acceptors (Lipinski definition) is 4. The van der Waals surface area contributed by atoms with E-state index in [1.807, 2.05) is 48.5 Å². The van der Waals surface area contributed by atoms with Gasteiger partial charge in [-0.2, -0.15) is 0 Å². The zero-order valence-corrected chi connectivity index (χ0v) is 16.2. The minimum Gasteiger partial charge on any atom is -0.493 e. The van der Waals surface area contributed by atoms with E-state index in [1.165, 1.54) is 30.7 Å². The van der Waals surface area contributed by atoms with Crippen molar-refractivity contribution in [2.45, 2.75) is 4.90 Å². The lowest BCUT2D eigenvalue weighted by Gasteiger charge is -2.23. The summed E-state index contributed by atoms with van der Waals surface area (Å²) >= 11 is 0. The highest BCUT2D eigenvalue weighted by Gasteiger charge is 2.25. The molecule has 140 valence electrons. The first-order valence-electron chi connectivity index (χ1n) is 8.34. The summed E-state index contributed by atoms with van der Waals surface area (Å²) in [5.74, 6) is 0.840. The number of para-hydroxylation sites is 1. The molecule has 0 spiro atoms. The number of methoxy groups -OCH3 is 2. The molecule has 0 radical (unpaired) electrons. The number of sulfonamides is 1. The Morgan fingerprint density at radius 2 is 1.41 bits per heavy atom. The number of ether oxygens (including phenoxy) is 2. The van der Waals surface area contributed by atoms with Gasteiger partial charge in [0.15, 0.2) is 11.5 Å². The van der Waals surface area contributed by atoms with E-state index < -0.39 is 10.0 Å². The van der Waals surface area contributed by atoms with E-state index in [9.17, 15) is 8.42 Å². The van der Waals surface area contributed by atoms with Crippen molar-refractivity contribution in [3.63, 3.8) is 0 Å². The molecule has 0 aliphatic carbocycles. The first kappa shape index (κ1) is 18.8. The van der Waals surface area contributed by atoms with Gasteiger partial charge in [0.25, 0.3) is 10.0 Å². The van der Waals surface area contributed by atoms with Gasteiger partial charge >= 0.3 is 0 Å².